The summed E-state index contributed by atoms with van der Waals surface area (Å²) in [5.41, 5.74) is 2.54. The van der Waals surface area contributed by atoms with Crippen molar-refractivity contribution in [2.75, 3.05) is 5.32 Å². The van der Waals surface area contributed by atoms with E-state index >= 15 is 0 Å². The molecular weight excluding hydrogens is 268 g/mol. The van der Waals surface area contributed by atoms with E-state index < -0.39 is 5.97 Å². The van der Waals surface area contributed by atoms with Gasteiger partial charge in [-0.15, -0.1) is 0 Å². The second kappa shape index (κ2) is 5.20. The Labute approximate surface area is 121 Å². The summed E-state index contributed by atoms with van der Waals surface area (Å²) in [6.45, 7) is 0.396. The molecule has 104 valence electrons. The maximum Gasteiger partial charge on any atom is 0.335 e. The molecule has 0 aromatic heterocycles. The van der Waals surface area contributed by atoms with Crippen LogP contribution >= 0.6 is 0 Å². The fourth-order valence-electron chi connectivity index (χ4n) is 2.22. The summed E-state index contributed by atoms with van der Waals surface area (Å²) in [7, 11) is 0. The van der Waals surface area contributed by atoms with E-state index in [1.807, 2.05) is 18.2 Å². The van der Waals surface area contributed by atoms with E-state index in [-0.39, 0.29) is 17.2 Å². The average molecular weight is 280 g/mol. The highest BCUT2D eigenvalue weighted by Gasteiger charge is 2.23. The molecule has 5 heteroatoms. The van der Waals surface area contributed by atoms with E-state index in [4.69, 9.17) is 5.11 Å². The summed E-state index contributed by atoms with van der Waals surface area (Å²) < 4.78 is 0. The lowest BCUT2D eigenvalue weighted by molar-refractivity contribution is -0.110. The largest absolute Gasteiger partial charge is 0.478 e. The molecule has 2 aromatic rings. The molecule has 0 spiro atoms. The normalized spacial score (nSPS) is 12.5. The number of nitrogens with zero attached hydrogens (tertiary/aromatic N) is 1. The zero-order valence-corrected chi connectivity index (χ0v) is 11.0. The fourth-order valence-corrected chi connectivity index (χ4v) is 2.22. The molecule has 0 atom stereocenters. The van der Waals surface area contributed by atoms with Crippen LogP contribution in [0.25, 0.3) is 0 Å². The number of aliphatic imine (C=N–C) groups is 1. The highest BCUT2D eigenvalue weighted by atomic mass is 16.4. The van der Waals surface area contributed by atoms with Gasteiger partial charge >= 0.3 is 5.97 Å². The van der Waals surface area contributed by atoms with Crippen molar-refractivity contribution >= 4 is 23.3 Å². The molecule has 0 bridgehead atoms. The number of para-hydroxylation sites is 1. The fraction of sp³-hybridized carbons (Fsp3) is 0.0625. The zero-order valence-electron chi connectivity index (χ0n) is 11.0. The van der Waals surface area contributed by atoms with E-state index in [9.17, 15) is 9.59 Å². The van der Waals surface area contributed by atoms with E-state index in [1.165, 1.54) is 12.1 Å². The number of benzene rings is 2. The number of nitrogens with one attached hydrogen (secondary N) is 1. The van der Waals surface area contributed by atoms with Crippen LogP contribution in [-0.2, 0) is 11.3 Å². The molecule has 2 N–H and O–H groups in total. The van der Waals surface area contributed by atoms with Gasteiger partial charge in [0.2, 0.25) is 0 Å². The summed E-state index contributed by atoms with van der Waals surface area (Å²) in [6.07, 6.45) is 0. The predicted molar refractivity (Wildman–Crippen MR) is 78.7 cm³/mol. The van der Waals surface area contributed by atoms with Crippen LogP contribution in [0.2, 0.25) is 0 Å². The molecule has 0 fully saturated rings. The van der Waals surface area contributed by atoms with Gasteiger partial charge in [0.1, 0.15) is 5.71 Å². The van der Waals surface area contributed by atoms with Crippen LogP contribution in [0.4, 0.5) is 5.69 Å². The highest BCUT2D eigenvalue weighted by molar-refractivity contribution is 6.49. The summed E-state index contributed by atoms with van der Waals surface area (Å²) >= 11 is 0. The van der Waals surface area contributed by atoms with Crippen molar-refractivity contribution in [2.45, 2.75) is 6.54 Å². The quantitative estimate of drug-likeness (QED) is 0.905. The van der Waals surface area contributed by atoms with Crippen molar-refractivity contribution in [1.29, 1.82) is 0 Å². The Hall–Kier alpha value is -2.95. The summed E-state index contributed by atoms with van der Waals surface area (Å²) in [5.74, 6) is -1.35. The SMILES string of the molecule is O=C(Nc1ccccc1)C1=NCc2ccc(C(=O)O)cc21. The predicted octanol–water partition coefficient (Wildman–Crippen LogP) is 2.33. The minimum absolute atomic E-state index is 0.149. The van der Waals surface area contributed by atoms with Crippen LogP contribution in [0.1, 0.15) is 21.5 Å². The Morgan fingerprint density at radius 1 is 1.10 bits per heavy atom. The van der Waals surface area contributed by atoms with Gasteiger partial charge in [0.15, 0.2) is 0 Å². The van der Waals surface area contributed by atoms with Crippen molar-refractivity contribution in [2.24, 2.45) is 4.99 Å². The van der Waals surface area contributed by atoms with Crippen molar-refractivity contribution in [1.82, 2.24) is 0 Å². The minimum Gasteiger partial charge on any atom is -0.478 e. The van der Waals surface area contributed by atoms with E-state index in [0.29, 0.717) is 17.8 Å². The Balaban J connectivity index is 1.88. The zero-order chi connectivity index (χ0) is 14.8. The molecule has 0 saturated heterocycles. The molecule has 0 saturated carbocycles. The van der Waals surface area contributed by atoms with Crippen LogP contribution in [0.3, 0.4) is 0 Å². The third kappa shape index (κ3) is 2.53. The number of carboxylic acid groups (broad SMARTS) is 1. The first kappa shape index (κ1) is 13.1. The number of hydrogen-bond acceptors (Lipinski definition) is 3. The van der Waals surface area contributed by atoms with Gasteiger partial charge in [-0.05, 0) is 29.8 Å². The Bertz CT molecular complexity index is 751. The number of aromatic carboxylic acids is 1. The lowest BCUT2D eigenvalue weighted by atomic mass is 10.0. The molecule has 3 rings (SSSR count). The molecule has 1 aliphatic heterocycles. The van der Waals surface area contributed by atoms with Gasteiger partial charge in [0.25, 0.3) is 5.91 Å². The van der Waals surface area contributed by atoms with Gasteiger partial charge in [0.05, 0.1) is 12.1 Å². The number of carboxylic acids is 1. The van der Waals surface area contributed by atoms with Gasteiger partial charge < -0.3 is 10.4 Å². The molecule has 5 nitrogen and oxygen atoms in total. The van der Waals surface area contributed by atoms with Gasteiger partial charge in [-0.25, -0.2) is 4.79 Å². The number of fused-ring (bicyclic) bond motifs is 1. The van der Waals surface area contributed by atoms with Gasteiger partial charge in [0, 0.05) is 11.3 Å². The molecule has 0 unspecified atom stereocenters. The lowest BCUT2D eigenvalue weighted by Crippen LogP contribution is -2.23. The van der Waals surface area contributed by atoms with E-state index in [0.717, 1.165) is 5.56 Å². The number of anilines is 1. The standard InChI is InChI=1S/C16H12N2O3/c19-15(18-12-4-2-1-3-5-12)14-13-8-10(16(20)21)6-7-11(13)9-17-14/h1-8H,9H2,(H,18,19)(H,20,21). The van der Waals surface area contributed by atoms with E-state index in [1.54, 1.807) is 18.2 Å². The molecule has 2 aromatic carbocycles. The highest BCUT2D eigenvalue weighted by Crippen LogP contribution is 2.21. The van der Waals surface area contributed by atoms with E-state index in [2.05, 4.69) is 10.3 Å². The van der Waals surface area contributed by atoms with Crippen LogP contribution in [0, 0.1) is 0 Å². The molecule has 21 heavy (non-hydrogen) atoms. The maximum absolute atomic E-state index is 12.3. The number of hydrogen-bond donors (Lipinski definition) is 2. The first-order valence-corrected chi connectivity index (χ1v) is 6.42. The second-order valence-electron chi connectivity index (χ2n) is 4.66. The third-order valence-electron chi connectivity index (χ3n) is 3.27. The van der Waals surface area contributed by atoms with Crippen LogP contribution in [0.5, 0.6) is 0 Å². The van der Waals surface area contributed by atoms with Crippen molar-refractivity contribution in [3.63, 3.8) is 0 Å². The smallest absolute Gasteiger partial charge is 0.335 e. The third-order valence-corrected chi connectivity index (χ3v) is 3.27. The average Bonchev–Trinajstić information content (AvgIpc) is 2.91. The maximum atomic E-state index is 12.3. The monoisotopic (exact) mass is 280 g/mol. The molecule has 1 amide bonds. The number of carbonyl (C=O) groups excluding carboxylic acids is 1. The minimum atomic E-state index is -1.02. The molecular formula is C16H12N2O3. The topological polar surface area (TPSA) is 78.8 Å². The number of amides is 1. The van der Waals surface area contributed by atoms with Crippen molar-refractivity contribution < 1.29 is 14.7 Å². The molecule has 1 aliphatic rings. The summed E-state index contributed by atoms with van der Waals surface area (Å²) in [5, 5.41) is 11.8. The molecule has 0 radical (unpaired) electrons. The van der Waals surface area contributed by atoms with Gasteiger partial charge in [-0.1, -0.05) is 24.3 Å². The first-order chi connectivity index (χ1) is 10.1. The van der Waals surface area contributed by atoms with Crippen LogP contribution in [0.15, 0.2) is 53.5 Å². The second-order valence-corrected chi connectivity index (χ2v) is 4.66. The molecule has 0 aliphatic carbocycles. The van der Waals surface area contributed by atoms with Crippen LogP contribution < -0.4 is 5.32 Å². The van der Waals surface area contributed by atoms with Crippen molar-refractivity contribution in [3.05, 3.63) is 65.2 Å². The first-order valence-electron chi connectivity index (χ1n) is 6.42. The Morgan fingerprint density at radius 3 is 2.57 bits per heavy atom. The Kier molecular flexibility index (Phi) is 3.23. The van der Waals surface area contributed by atoms with Crippen molar-refractivity contribution in [3.8, 4) is 0 Å². The number of rotatable bonds is 3. The summed E-state index contributed by atoms with van der Waals surface area (Å²) in [6, 6.07) is 13.8. The Morgan fingerprint density at radius 2 is 1.86 bits per heavy atom. The number of carbonyl (C=O) groups is 2. The lowest BCUT2D eigenvalue weighted by Gasteiger charge is -2.06. The summed E-state index contributed by atoms with van der Waals surface area (Å²) in [4.78, 5) is 27.5. The van der Waals surface area contributed by atoms with Crippen LogP contribution in [-0.4, -0.2) is 22.7 Å². The van der Waals surface area contributed by atoms with Gasteiger partial charge in [-0.2, -0.15) is 0 Å². The van der Waals surface area contributed by atoms with Gasteiger partial charge in [-0.3, -0.25) is 9.79 Å². The molecule has 1 heterocycles.